The number of nitrogens with zero attached hydrogens (tertiary/aromatic N) is 4. The highest BCUT2D eigenvalue weighted by atomic mass is 15.0. The van der Waals surface area contributed by atoms with E-state index in [2.05, 4.69) is 157 Å². The Morgan fingerprint density at radius 1 is 0.565 bits per heavy atom. The first kappa shape index (κ1) is 27.7. The van der Waals surface area contributed by atoms with Crippen LogP contribution >= 0.6 is 0 Å². The smallest absolute Gasteiger partial charge is 0.160 e. The quantitative estimate of drug-likeness (QED) is 0.204. The third kappa shape index (κ3) is 4.85. The fourth-order valence-electron chi connectivity index (χ4n) is 6.58. The van der Waals surface area contributed by atoms with Gasteiger partial charge in [-0.05, 0) is 53.6 Å². The zero-order valence-corrected chi connectivity index (χ0v) is 25.8. The summed E-state index contributed by atoms with van der Waals surface area (Å²) in [6, 6.07) is 38.5. The Kier molecular flexibility index (Phi) is 6.76. The number of pyridine rings is 1. The van der Waals surface area contributed by atoms with Crippen LogP contribution in [0.25, 0.3) is 67.3 Å². The van der Waals surface area contributed by atoms with Crippen LogP contribution in [0.1, 0.15) is 25.1 Å². The second kappa shape index (κ2) is 11.2. The zero-order valence-electron chi connectivity index (χ0n) is 25.8. The third-order valence-corrected chi connectivity index (χ3v) is 8.80. The minimum Gasteiger partial charge on any atom is -0.309 e. The molecule has 0 atom stereocenters. The molecule has 0 saturated heterocycles. The largest absolute Gasteiger partial charge is 0.309 e. The van der Waals surface area contributed by atoms with Gasteiger partial charge in [-0.2, -0.15) is 0 Å². The van der Waals surface area contributed by atoms with E-state index in [0.29, 0.717) is 5.82 Å². The molecule has 7 aromatic rings. The SMILES string of the molecule is CC1(C)/C=C/C=C\C=C\c2nc(-c3ccc(-c4ccncc4)cc3)nc(-c3cccc(-n4c5ccccc5c5ccccc54)c3)c21. The predicted molar refractivity (Wildman–Crippen MR) is 191 cm³/mol. The van der Waals surface area contributed by atoms with E-state index >= 15 is 0 Å². The van der Waals surface area contributed by atoms with Gasteiger partial charge in [-0.15, -0.1) is 0 Å². The fraction of sp³-hybridized carbons (Fsp3) is 0.0714. The molecular weight excluding hydrogens is 560 g/mol. The Balaban J connectivity index is 1.34. The lowest BCUT2D eigenvalue weighted by molar-refractivity contribution is 0.662. The highest BCUT2D eigenvalue weighted by Crippen LogP contribution is 2.39. The van der Waals surface area contributed by atoms with Crippen LogP contribution in [0.15, 0.2) is 152 Å². The molecule has 8 rings (SSSR count). The second-order valence-electron chi connectivity index (χ2n) is 12.2. The molecule has 3 aromatic heterocycles. The van der Waals surface area contributed by atoms with Crippen molar-refractivity contribution >= 4 is 27.9 Å². The fourth-order valence-corrected chi connectivity index (χ4v) is 6.58. The Labute approximate surface area is 268 Å². The van der Waals surface area contributed by atoms with Crippen LogP contribution in [0.2, 0.25) is 0 Å². The average Bonchev–Trinajstić information content (AvgIpc) is 3.47. The van der Waals surface area contributed by atoms with E-state index in [0.717, 1.165) is 44.9 Å². The molecule has 1 aliphatic rings. The summed E-state index contributed by atoms with van der Waals surface area (Å²) >= 11 is 0. The lowest BCUT2D eigenvalue weighted by Crippen LogP contribution is -2.19. The summed E-state index contributed by atoms with van der Waals surface area (Å²) in [5, 5.41) is 2.49. The maximum absolute atomic E-state index is 5.36. The lowest BCUT2D eigenvalue weighted by Gasteiger charge is -2.26. The van der Waals surface area contributed by atoms with Crippen LogP contribution in [0.3, 0.4) is 0 Å². The van der Waals surface area contributed by atoms with Gasteiger partial charge in [0.25, 0.3) is 0 Å². The van der Waals surface area contributed by atoms with Crippen LogP contribution in [0, 0.1) is 0 Å². The number of fused-ring (bicyclic) bond motifs is 4. The summed E-state index contributed by atoms with van der Waals surface area (Å²) in [7, 11) is 0. The van der Waals surface area contributed by atoms with Gasteiger partial charge in [0.15, 0.2) is 5.82 Å². The summed E-state index contributed by atoms with van der Waals surface area (Å²) in [5.74, 6) is 0.699. The van der Waals surface area contributed by atoms with E-state index < -0.39 is 0 Å². The summed E-state index contributed by atoms with van der Waals surface area (Å²) in [5.41, 5.74) is 10.4. The van der Waals surface area contributed by atoms with E-state index in [-0.39, 0.29) is 5.41 Å². The van der Waals surface area contributed by atoms with E-state index in [1.165, 1.54) is 21.8 Å². The van der Waals surface area contributed by atoms with E-state index in [4.69, 9.17) is 9.97 Å². The predicted octanol–water partition coefficient (Wildman–Crippen LogP) is 10.4. The van der Waals surface area contributed by atoms with Crippen molar-refractivity contribution in [2.75, 3.05) is 0 Å². The van der Waals surface area contributed by atoms with Crippen molar-refractivity contribution in [2.45, 2.75) is 19.3 Å². The minimum absolute atomic E-state index is 0.323. The second-order valence-corrected chi connectivity index (χ2v) is 12.2. The van der Waals surface area contributed by atoms with Crippen molar-refractivity contribution in [3.05, 3.63) is 163 Å². The standard InChI is InChI=1S/C42H32N4/c1-42(2)25-10-4-3-5-16-36-39(42)40(45-41(44-36)31-21-19-29(20-22-31)30-23-26-43-27-24-30)32-12-11-13-33(28-32)46-37-17-8-6-14-34(37)35-15-7-9-18-38(35)46/h3-28H,1-2H3/b4-3-,16-5+,25-10+. The maximum Gasteiger partial charge on any atom is 0.160 e. The number of hydrogen-bond donors (Lipinski definition) is 0. The number of para-hydroxylation sites is 2. The van der Waals surface area contributed by atoms with Gasteiger partial charge in [0.2, 0.25) is 0 Å². The topological polar surface area (TPSA) is 43.6 Å². The van der Waals surface area contributed by atoms with Gasteiger partial charge in [-0.1, -0.05) is 117 Å². The number of rotatable bonds is 4. The third-order valence-electron chi connectivity index (χ3n) is 8.80. The monoisotopic (exact) mass is 592 g/mol. The molecular formula is C42H32N4. The summed E-state index contributed by atoms with van der Waals surface area (Å²) in [6.07, 6.45) is 16.3. The van der Waals surface area contributed by atoms with Crippen molar-refractivity contribution in [1.82, 2.24) is 19.5 Å². The van der Waals surface area contributed by atoms with Gasteiger partial charge >= 0.3 is 0 Å². The zero-order chi connectivity index (χ0) is 31.1. The van der Waals surface area contributed by atoms with Crippen LogP contribution in [-0.4, -0.2) is 19.5 Å². The molecule has 0 saturated carbocycles. The Morgan fingerprint density at radius 3 is 1.96 bits per heavy atom. The Bertz CT molecular complexity index is 2270. The molecule has 3 heterocycles. The minimum atomic E-state index is -0.323. The van der Waals surface area contributed by atoms with Crippen molar-refractivity contribution in [2.24, 2.45) is 0 Å². The normalized spacial score (nSPS) is 15.9. The molecule has 4 aromatic carbocycles. The molecule has 4 nitrogen and oxygen atoms in total. The van der Waals surface area contributed by atoms with Gasteiger partial charge in [-0.3, -0.25) is 4.98 Å². The lowest BCUT2D eigenvalue weighted by atomic mass is 9.80. The molecule has 0 N–H and O–H groups in total. The molecule has 0 spiro atoms. The maximum atomic E-state index is 5.36. The molecule has 0 amide bonds. The number of hydrogen-bond acceptors (Lipinski definition) is 3. The van der Waals surface area contributed by atoms with Crippen LogP contribution in [0.4, 0.5) is 0 Å². The van der Waals surface area contributed by atoms with Crippen LogP contribution in [0.5, 0.6) is 0 Å². The molecule has 4 heteroatoms. The molecule has 0 bridgehead atoms. The van der Waals surface area contributed by atoms with E-state index in [9.17, 15) is 0 Å². The van der Waals surface area contributed by atoms with Gasteiger partial charge in [-0.25, -0.2) is 9.97 Å². The van der Waals surface area contributed by atoms with Gasteiger partial charge in [0, 0.05) is 51.0 Å². The highest BCUT2D eigenvalue weighted by molar-refractivity contribution is 6.09. The van der Waals surface area contributed by atoms with Gasteiger partial charge < -0.3 is 4.57 Å². The van der Waals surface area contributed by atoms with Crippen molar-refractivity contribution < 1.29 is 0 Å². The van der Waals surface area contributed by atoms with E-state index in [1.807, 2.05) is 24.5 Å². The van der Waals surface area contributed by atoms with E-state index in [1.54, 1.807) is 0 Å². The van der Waals surface area contributed by atoms with Crippen molar-refractivity contribution in [1.29, 1.82) is 0 Å². The van der Waals surface area contributed by atoms with Crippen molar-refractivity contribution in [3.63, 3.8) is 0 Å². The molecule has 220 valence electrons. The van der Waals surface area contributed by atoms with Gasteiger partial charge in [0.1, 0.15) is 0 Å². The van der Waals surface area contributed by atoms with Gasteiger partial charge in [0.05, 0.1) is 22.4 Å². The average molecular weight is 593 g/mol. The first-order valence-electron chi connectivity index (χ1n) is 15.6. The molecule has 0 radical (unpaired) electrons. The summed E-state index contributed by atoms with van der Waals surface area (Å²) in [4.78, 5) is 14.7. The first-order valence-corrected chi connectivity index (χ1v) is 15.6. The molecule has 0 aliphatic heterocycles. The summed E-state index contributed by atoms with van der Waals surface area (Å²) in [6.45, 7) is 4.48. The van der Waals surface area contributed by atoms with Crippen molar-refractivity contribution in [3.8, 4) is 39.5 Å². The number of benzene rings is 4. The number of allylic oxidation sites excluding steroid dienone is 5. The summed E-state index contributed by atoms with van der Waals surface area (Å²) < 4.78 is 2.36. The molecule has 46 heavy (non-hydrogen) atoms. The molecule has 0 fully saturated rings. The van der Waals surface area contributed by atoms with Crippen LogP contribution < -0.4 is 0 Å². The van der Waals surface area contributed by atoms with Crippen LogP contribution in [-0.2, 0) is 5.41 Å². The first-order chi connectivity index (χ1) is 22.6. The number of aromatic nitrogens is 4. The Morgan fingerprint density at radius 2 is 1.22 bits per heavy atom. The molecule has 0 unspecified atom stereocenters. The Hall–Kier alpha value is -5.87. The highest BCUT2D eigenvalue weighted by Gasteiger charge is 2.28. The molecule has 1 aliphatic carbocycles.